The van der Waals surface area contributed by atoms with Gasteiger partial charge in [0, 0.05) is 31.7 Å². The highest BCUT2D eigenvalue weighted by molar-refractivity contribution is 4.86. The maximum Gasteiger partial charge on any atom is 0.0218 e. The monoisotopic (exact) mass is 252 g/mol. The second kappa shape index (κ2) is 6.91. The maximum atomic E-state index is 3.70. The highest BCUT2D eigenvalue weighted by atomic mass is 15.2. The van der Waals surface area contributed by atoms with E-state index in [-0.39, 0.29) is 0 Å². The molecular weight excluding hydrogens is 220 g/mol. The van der Waals surface area contributed by atoms with Gasteiger partial charge in [-0.3, -0.25) is 4.90 Å². The van der Waals surface area contributed by atoms with Gasteiger partial charge in [0.25, 0.3) is 0 Å². The second-order valence-electron chi connectivity index (χ2n) is 6.66. The van der Waals surface area contributed by atoms with Gasteiger partial charge in [0.2, 0.25) is 0 Å². The quantitative estimate of drug-likeness (QED) is 0.826. The van der Waals surface area contributed by atoms with Gasteiger partial charge >= 0.3 is 0 Å². The van der Waals surface area contributed by atoms with Crippen molar-refractivity contribution in [2.24, 2.45) is 11.8 Å². The summed E-state index contributed by atoms with van der Waals surface area (Å²) in [6.45, 7) is 10.9. The molecule has 2 fully saturated rings. The van der Waals surface area contributed by atoms with Gasteiger partial charge in [0.1, 0.15) is 0 Å². The summed E-state index contributed by atoms with van der Waals surface area (Å²) in [6.07, 6.45) is 8.44. The first kappa shape index (κ1) is 14.3. The summed E-state index contributed by atoms with van der Waals surface area (Å²) < 4.78 is 0. The van der Waals surface area contributed by atoms with E-state index in [9.17, 15) is 0 Å². The third-order valence-electron chi connectivity index (χ3n) is 5.21. The van der Waals surface area contributed by atoms with Crippen LogP contribution in [0, 0.1) is 11.8 Å². The smallest absolute Gasteiger partial charge is 0.0218 e. The molecule has 0 aromatic carbocycles. The zero-order chi connectivity index (χ0) is 13.0. The Morgan fingerprint density at radius 2 is 1.78 bits per heavy atom. The SMILES string of the molecule is CCC1CN(CC2CCC(C)CC2)C(CC)CN1. The Morgan fingerprint density at radius 3 is 2.39 bits per heavy atom. The van der Waals surface area contributed by atoms with E-state index in [0.29, 0.717) is 0 Å². The molecule has 106 valence electrons. The lowest BCUT2D eigenvalue weighted by atomic mass is 9.82. The van der Waals surface area contributed by atoms with Crippen LogP contribution in [0.3, 0.4) is 0 Å². The van der Waals surface area contributed by atoms with E-state index in [1.807, 2.05) is 0 Å². The van der Waals surface area contributed by atoms with Crippen molar-refractivity contribution in [1.29, 1.82) is 0 Å². The molecule has 1 heterocycles. The summed E-state index contributed by atoms with van der Waals surface area (Å²) in [5.74, 6) is 1.96. The molecule has 0 aromatic heterocycles. The van der Waals surface area contributed by atoms with Gasteiger partial charge in [-0.05, 0) is 37.5 Å². The molecule has 0 aromatic rings. The highest BCUT2D eigenvalue weighted by Gasteiger charge is 2.28. The highest BCUT2D eigenvalue weighted by Crippen LogP contribution is 2.29. The van der Waals surface area contributed by atoms with E-state index in [0.717, 1.165) is 23.9 Å². The van der Waals surface area contributed by atoms with Crippen LogP contribution in [0.2, 0.25) is 0 Å². The van der Waals surface area contributed by atoms with E-state index in [1.54, 1.807) is 0 Å². The van der Waals surface area contributed by atoms with Crippen molar-refractivity contribution < 1.29 is 0 Å². The third-order valence-corrected chi connectivity index (χ3v) is 5.21. The molecule has 0 radical (unpaired) electrons. The Balaban J connectivity index is 1.84. The van der Waals surface area contributed by atoms with Crippen molar-refractivity contribution in [3.05, 3.63) is 0 Å². The van der Waals surface area contributed by atoms with E-state index >= 15 is 0 Å². The predicted octanol–water partition coefficient (Wildman–Crippen LogP) is 3.28. The van der Waals surface area contributed by atoms with Crippen LogP contribution < -0.4 is 5.32 Å². The number of nitrogens with zero attached hydrogens (tertiary/aromatic N) is 1. The van der Waals surface area contributed by atoms with Crippen LogP contribution in [0.25, 0.3) is 0 Å². The molecule has 1 saturated heterocycles. The molecular formula is C16H32N2. The third kappa shape index (κ3) is 3.71. The lowest BCUT2D eigenvalue weighted by Gasteiger charge is -2.42. The Morgan fingerprint density at radius 1 is 1.06 bits per heavy atom. The number of piperazine rings is 1. The number of nitrogens with one attached hydrogen (secondary N) is 1. The maximum absolute atomic E-state index is 3.70. The number of hydrogen-bond donors (Lipinski definition) is 1. The van der Waals surface area contributed by atoms with Crippen molar-refractivity contribution in [1.82, 2.24) is 10.2 Å². The molecule has 2 heteroatoms. The van der Waals surface area contributed by atoms with Crippen LogP contribution in [0.5, 0.6) is 0 Å². The number of rotatable bonds is 4. The van der Waals surface area contributed by atoms with Gasteiger partial charge in [0.15, 0.2) is 0 Å². The summed E-state index contributed by atoms with van der Waals surface area (Å²) in [6, 6.07) is 1.52. The van der Waals surface area contributed by atoms with Crippen LogP contribution in [-0.4, -0.2) is 36.6 Å². The van der Waals surface area contributed by atoms with Gasteiger partial charge in [-0.15, -0.1) is 0 Å². The molecule has 2 unspecified atom stereocenters. The summed E-state index contributed by atoms with van der Waals surface area (Å²) in [4.78, 5) is 2.80. The Kier molecular flexibility index (Phi) is 5.50. The minimum Gasteiger partial charge on any atom is -0.311 e. The standard InChI is InChI=1S/C16H32N2/c1-4-15-12-18(16(5-2)10-17-15)11-14-8-6-13(3)7-9-14/h13-17H,4-12H2,1-3H3. The molecule has 2 aliphatic rings. The van der Waals surface area contributed by atoms with Crippen molar-refractivity contribution >= 4 is 0 Å². The van der Waals surface area contributed by atoms with Gasteiger partial charge in [-0.1, -0.05) is 33.6 Å². The minimum atomic E-state index is 0.732. The van der Waals surface area contributed by atoms with Crippen LogP contribution >= 0.6 is 0 Å². The zero-order valence-corrected chi connectivity index (χ0v) is 12.6. The van der Waals surface area contributed by atoms with Gasteiger partial charge in [0.05, 0.1) is 0 Å². The van der Waals surface area contributed by atoms with Gasteiger partial charge in [-0.25, -0.2) is 0 Å². The molecule has 1 aliphatic heterocycles. The molecule has 18 heavy (non-hydrogen) atoms. The summed E-state index contributed by atoms with van der Waals surface area (Å²) in [5, 5.41) is 3.70. The summed E-state index contributed by atoms with van der Waals surface area (Å²) in [5.41, 5.74) is 0. The second-order valence-corrected chi connectivity index (χ2v) is 6.66. The first-order valence-corrected chi connectivity index (χ1v) is 8.20. The zero-order valence-electron chi connectivity index (χ0n) is 12.6. The fourth-order valence-corrected chi connectivity index (χ4v) is 3.67. The fraction of sp³-hybridized carbons (Fsp3) is 1.00. The van der Waals surface area contributed by atoms with Crippen LogP contribution in [0.15, 0.2) is 0 Å². The number of hydrogen-bond acceptors (Lipinski definition) is 2. The van der Waals surface area contributed by atoms with E-state index in [2.05, 4.69) is 31.0 Å². The molecule has 0 bridgehead atoms. The first-order valence-electron chi connectivity index (χ1n) is 8.20. The molecule has 1 aliphatic carbocycles. The van der Waals surface area contributed by atoms with Crippen LogP contribution in [0.1, 0.15) is 59.3 Å². The molecule has 0 amide bonds. The predicted molar refractivity (Wildman–Crippen MR) is 78.9 cm³/mol. The Bertz CT molecular complexity index is 233. The average molecular weight is 252 g/mol. The van der Waals surface area contributed by atoms with Crippen molar-refractivity contribution in [2.45, 2.75) is 71.4 Å². The molecule has 2 atom stereocenters. The normalized spacial score (nSPS) is 38.8. The van der Waals surface area contributed by atoms with E-state index < -0.39 is 0 Å². The Labute approximate surface area is 114 Å². The van der Waals surface area contributed by atoms with Crippen LogP contribution in [0.4, 0.5) is 0 Å². The van der Waals surface area contributed by atoms with E-state index in [1.165, 1.54) is 58.2 Å². The molecule has 1 N–H and O–H groups in total. The first-order chi connectivity index (χ1) is 8.72. The lowest BCUT2D eigenvalue weighted by molar-refractivity contribution is 0.0914. The largest absolute Gasteiger partial charge is 0.311 e. The molecule has 2 nitrogen and oxygen atoms in total. The molecule has 2 rings (SSSR count). The minimum absolute atomic E-state index is 0.732. The van der Waals surface area contributed by atoms with Crippen molar-refractivity contribution in [3.63, 3.8) is 0 Å². The van der Waals surface area contributed by atoms with Crippen LogP contribution in [-0.2, 0) is 0 Å². The van der Waals surface area contributed by atoms with E-state index in [4.69, 9.17) is 0 Å². The average Bonchev–Trinajstić information content (AvgIpc) is 2.41. The lowest BCUT2D eigenvalue weighted by Crippen LogP contribution is -2.57. The Hall–Kier alpha value is -0.0800. The van der Waals surface area contributed by atoms with Gasteiger partial charge in [-0.2, -0.15) is 0 Å². The van der Waals surface area contributed by atoms with Crippen molar-refractivity contribution in [3.8, 4) is 0 Å². The topological polar surface area (TPSA) is 15.3 Å². The molecule has 1 saturated carbocycles. The fourth-order valence-electron chi connectivity index (χ4n) is 3.67. The van der Waals surface area contributed by atoms with Crippen molar-refractivity contribution in [2.75, 3.05) is 19.6 Å². The van der Waals surface area contributed by atoms with Gasteiger partial charge < -0.3 is 5.32 Å². The summed E-state index contributed by atoms with van der Waals surface area (Å²) >= 11 is 0. The molecule has 0 spiro atoms. The summed E-state index contributed by atoms with van der Waals surface area (Å²) in [7, 11) is 0.